The molecule has 0 saturated carbocycles. The first-order valence-corrected chi connectivity index (χ1v) is 10.1. The molecule has 1 aliphatic heterocycles. The van der Waals surface area contributed by atoms with Crippen LogP contribution in [0.2, 0.25) is 5.02 Å². The molecule has 0 bridgehead atoms. The number of nitrogens with one attached hydrogen (secondary N) is 1. The summed E-state index contributed by atoms with van der Waals surface area (Å²) in [7, 11) is 0. The molecule has 1 amide bonds. The number of amides is 1. The second-order valence-electron chi connectivity index (χ2n) is 8.10. The summed E-state index contributed by atoms with van der Waals surface area (Å²) < 4.78 is 38.1. The molecule has 0 aromatic heterocycles. The Kier molecular flexibility index (Phi) is 6.46. The van der Waals surface area contributed by atoms with Gasteiger partial charge in [-0.15, -0.1) is 6.58 Å². The van der Waals surface area contributed by atoms with Crippen molar-refractivity contribution in [3.05, 3.63) is 76.8 Å². The van der Waals surface area contributed by atoms with Crippen LogP contribution in [-0.2, 0) is 11.0 Å². The maximum Gasteiger partial charge on any atom is 0.416 e. The van der Waals surface area contributed by atoms with Gasteiger partial charge in [-0.25, -0.2) is 0 Å². The number of halogens is 4. The van der Waals surface area contributed by atoms with E-state index in [-0.39, 0.29) is 17.9 Å². The van der Waals surface area contributed by atoms with Crippen LogP contribution in [0.5, 0.6) is 0 Å². The summed E-state index contributed by atoms with van der Waals surface area (Å²) in [6, 6.07) is 11.7. The van der Waals surface area contributed by atoms with E-state index < -0.39 is 11.7 Å². The molecule has 1 unspecified atom stereocenters. The van der Waals surface area contributed by atoms with Gasteiger partial charge >= 0.3 is 6.18 Å². The number of carbonyl (C=O) groups is 1. The number of rotatable bonds is 6. The molecule has 0 saturated heterocycles. The van der Waals surface area contributed by atoms with Crippen molar-refractivity contribution in [2.75, 3.05) is 18.4 Å². The largest absolute Gasteiger partial charge is 0.416 e. The fourth-order valence-electron chi connectivity index (χ4n) is 3.79. The Morgan fingerprint density at radius 3 is 2.35 bits per heavy atom. The van der Waals surface area contributed by atoms with Crippen molar-refractivity contribution in [2.24, 2.45) is 10.5 Å². The topological polar surface area (TPSA) is 44.7 Å². The lowest BCUT2D eigenvalue weighted by Gasteiger charge is -2.27. The third kappa shape index (κ3) is 5.67. The van der Waals surface area contributed by atoms with Crippen molar-refractivity contribution in [2.45, 2.75) is 26.4 Å². The van der Waals surface area contributed by atoms with Gasteiger partial charge in [0.2, 0.25) is 5.91 Å². The van der Waals surface area contributed by atoms with Crippen molar-refractivity contribution in [1.82, 2.24) is 5.01 Å². The van der Waals surface area contributed by atoms with Crippen LogP contribution in [0.25, 0.3) is 0 Å². The highest BCUT2D eigenvalue weighted by atomic mass is 35.5. The van der Waals surface area contributed by atoms with E-state index in [9.17, 15) is 18.0 Å². The highest BCUT2D eigenvalue weighted by Gasteiger charge is 2.39. The molecular formula is C23H23ClF3N3O. The smallest absolute Gasteiger partial charge is 0.324 e. The van der Waals surface area contributed by atoms with Crippen LogP contribution in [-0.4, -0.2) is 29.7 Å². The fourth-order valence-corrected chi connectivity index (χ4v) is 3.92. The molecule has 0 radical (unpaired) electrons. The number of anilines is 1. The van der Waals surface area contributed by atoms with Crippen LogP contribution in [0.3, 0.4) is 0 Å². The van der Waals surface area contributed by atoms with Gasteiger partial charge in [0, 0.05) is 22.7 Å². The zero-order chi connectivity index (χ0) is 22.8. The highest BCUT2D eigenvalue weighted by molar-refractivity contribution is 6.30. The number of nitrogens with zero attached hydrogens (tertiary/aromatic N) is 2. The number of hydrazone groups is 1. The summed E-state index contributed by atoms with van der Waals surface area (Å²) in [6.07, 6.45) is -3.72. The Hall–Kier alpha value is -2.80. The second-order valence-corrected chi connectivity index (χ2v) is 8.53. The Morgan fingerprint density at radius 1 is 1.19 bits per heavy atom. The standard InChI is InChI=1S/C23H23ClF3N3O/c1-15(2)12-22(3)14-30(29-21(22)16-4-8-18(24)9-5-16)13-20(31)28-19-10-6-17(7-11-19)23(25,26)27/h4-11H,1,12-14H2,2-3H3,(H,28,31). The normalized spacial score (nSPS) is 18.6. The minimum absolute atomic E-state index is 0.0239. The number of benzene rings is 2. The Morgan fingerprint density at radius 2 is 1.81 bits per heavy atom. The molecule has 1 N–H and O–H groups in total. The molecule has 164 valence electrons. The first-order valence-electron chi connectivity index (χ1n) is 9.68. The van der Waals surface area contributed by atoms with Crippen LogP contribution >= 0.6 is 11.6 Å². The first-order chi connectivity index (χ1) is 14.5. The van der Waals surface area contributed by atoms with E-state index in [2.05, 4.69) is 23.9 Å². The zero-order valence-electron chi connectivity index (χ0n) is 17.3. The van der Waals surface area contributed by atoms with Crippen molar-refractivity contribution in [3.63, 3.8) is 0 Å². The molecule has 0 spiro atoms. The Labute approximate surface area is 184 Å². The predicted molar refractivity (Wildman–Crippen MR) is 117 cm³/mol. The lowest BCUT2D eigenvalue weighted by atomic mass is 9.77. The monoisotopic (exact) mass is 449 g/mol. The van der Waals surface area contributed by atoms with Gasteiger partial charge in [-0.2, -0.15) is 18.3 Å². The second kappa shape index (κ2) is 8.75. The summed E-state index contributed by atoms with van der Waals surface area (Å²) in [5.41, 5.74) is 1.95. The van der Waals surface area contributed by atoms with Crippen LogP contribution < -0.4 is 5.32 Å². The molecule has 4 nitrogen and oxygen atoms in total. The van der Waals surface area contributed by atoms with Crippen LogP contribution in [0, 0.1) is 5.41 Å². The van der Waals surface area contributed by atoms with Crippen molar-refractivity contribution < 1.29 is 18.0 Å². The van der Waals surface area contributed by atoms with E-state index in [4.69, 9.17) is 11.6 Å². The predicted octanol–water partition coefficient (Wildman–Crippen LogP) is 5.99. The van der Waals surface area contributed by atoms with Crippen molar-refractivity contribution in [3.8, 4) is 0 Å². The summed E-state index contributed by atoms with van der Waals surface area (Å²) in [6.45, 7) is 8.53. The van der Waals surface area contributed by atoms with Gasteiger partial charge in [0.05, 0.1) is 11.3 Å². The lowest BCUT2D eigenvalue weighted by molar-refractivity contribution is -0.137. The number of carbonyl (C=O) groups excluding carboxylic acids is 1. The van der Waals surface area contributed by atoms with E-state index in [1.54, 1.807) is 17.1 Å². The Bertz CT molecular complexity index is 1000. The van der Waals surface area contributed by atoms with Gasteiger partial charge < -0.3 is 5.32 Å². The molecule has 8 heteroatoms. The summed E-state index contributed by atoms with van der Waals surface area (Å²) >= 11 is 6.00. The van der Waals surface area contributed by atoms with E-state index >= 15 is 0 Å². The minimum Gasteiger partial charge on any atom is -0.324 e. The number of alkyl halides is 3. The van der Waals surface area contributed by atoms with Gasteiger partial charge in [-0.3, -0.25) is 9.80 Å². The van der Waals surface area contributed by atoms with E-state index in [0.717, 1.165) is 29.0 Å². The summed E-state index contributed by atoms with van der Waals surface area (Å²) in [5, 5.41) is 9.60. The third-order valence-electron chi connectivity index (χ3n) is 4.98. The minimum atomic E-state index is -4.42. The van der Waals surface area contributed by atoms with Crippen LogP contribution in [0.4, 0.5) is 18.9 Å². The fraction of sp³-hybridized carbons (Fsp3) is 0.304. The quantitative estimate of drug-likeness (QED) is 0.550. The third-order valence-corrected chi connectivity index (χ3v) is 5.23. The molecule has 31 heavy (non-hydrogen) atoms. The van der Waals surface area contributed by atoms with Gasteiger partial charge in [0.1, 0.15) is 6.54 Å². The summed E-state index contributed by atoms with van der Waals surface area (Å²) in [5.74, 6) is -0.362. The zero-order valence-corrected chi connectivity index (χ0v) is 18.0. The van der Waals surface area contributed by atoms with Gasteiger partial charge in [0.15, 0.2) is 0 Å². The van der Waals surface area contributed by atoms with Crippen LogP contribution in [0.1, 0.15) is 31.4 Å². The van der Waals surface area contributed by atoms with Crippen molar-refractivity contribution >= 4 is 28.9 Å². The molecule has 2 aromatic carbocycles. The van der Waals surface area contributed by atoms with Gasteiger partial charge in [-0.05, 0) is 55.3 Å². The van der Waals surface area contributed by atoms with E-state index in [1.807, 2.05) is 19.1 Å². The highest BCUT2D eigenvalue weighted by Crippen LogP contribution is 2.36. The molecule has 1 heterocycles. The summed E-state index contributed by atoms with van der Waals surface area (Å²) in [4.78, 5) is 12.5. The molecule has 0 aliphatic carbocycles. The van der Waals surface area contributed by atoms with Crippen LogP contribution in [0.15, 0.2) is 65.8 Å². The molecule has 3 rings (SSSR count). The van der Waals surface area contributed by atoms with Crippen molar-refractivity contribution in [1.29, 1.82) is 0 Å². The molecule has 2 aromatic rings. The average Bonchev–Trinajstić information content (AvgIpc) is 2.96. The Balaban J connectivity index is 1.74. The number of allylic oxidation sites excluding steroid dienone is 1. The molecule has 1 atom stereocenters. The number of hydrogen-bond acceptors (Lipinski definition) is 3. The molecule has 1 aliphatic rings. The first kappa shape index (κ1) is 22.9. The maximum atomic E-state index is 12.7. The lowest BCUT2D eigenvalue weighted by Crippen LogP contribution is -2.34. The maximum absolute atomic E-state index is 12.7. The molecule has 0 fully saturated rings. The number of hydrogen-bond donors (Lipinski definition) is 1. The van der Waals surface area contributed by atoms with E-state index in [0.29, 0.717) is 23.7 Å². The van der Waals surface area contributed by atoms with E-state index in [1.165, 1.54) is 12.1 Å². The van der Waals surface area contributed by atoms with Gasteiger partial charge in [-0.1, -0.05) is 36.2 Å². The molecular weight excluding hydrogens is 427 g/mol. The van der Waals surface area contributed by atoms with Gasteiger partial charge in [0.25, 0.3) is 0 Å². The SMILES string of the molecule is C=C(C)CC1(C)CN(CC(=O)Nc2ccc(C(F)(F)F)cc2)N=C1c1ccc(Cl)cc1. The average molecular weight is 450 g/mol.